The van der Waals surface area contributed by atoms with Gasteiger partial charge < -0.3 is 14.9 Å². The minimum absolute atomic E-state index is 0.244. The molecule has 176 valence electrons. The molecule has 0 saturated heterocycles. The lowest BCUT2D eigenvalue weighted by molar-refractivity contribution is 0.101. The second kappa shape index (κ2) is 9.83. The number of benzene rings is 2. The fourth-order valence-electron chi connectivity index (χ4n) is 4.07. The molecule has 10 heteroatoms. The van der Waals surface area contributed by atoms with Crippen LogP contribution in [0, 0.1) is 11.3 Å². The first-order valence-electron chi connectivity index (χ1n) is 10.6. The van der Waals surface area contributed by atoms with Crippen molar-refractivity contribution in [3.8, 4) is 11.8 Å². The van der Waals surface area contributed by atoms with E-state index in [2.05, 4.69) is 21.5 Å². The molecule has 4 rings (SSSR count). The monoisotopic (exact) mass is 489 g/mol. The van der Waals surface area contributed by atoms with Crippen LogP contribution in [0.15, 0.2) is 70.3 Å². The quantitative estimate of drug-likeness (QED) is 0.414. The van der Waals surface area contributed by atoms with Crippen molar-refractivity contribution < 1.29 is 14.4 Å². The molecule has 2 N–H and O–H groups in total. The van der Waals surface area contributed by atoms with Gasteiger partial charge in [0.2, 0.25) is 5.75 Å². The van der Waals surface area contributed by atoms with Gasteiger partial charge in [0, 0.05) is 23.9 Å². The lowest BCUT2D eigenvalue weighted by atomic mass is 9.79. The molecule has 2 atom stereocenters. The molecular weight excluding hydrogens is 470 g/mol. The molecule has 0 bridgehead atoms. The smallest absolute Gasteiger partial charge is 0.296 e. The maximum Gasteiger partial charge on any atom is 0.296 e. The summed E-state index contributed by atoms with van der Waals surface area (Å²) in [7, 11) is 1.47. The third kappa shape index (κ3) is 4.65. The van der Waals surface area contributed by atoms with E-state index in [9.17, 15) is 20.0 Å². The molecule has 0 fully saturated rings. The molecule has 4 aromatic rings. The van der Waals surface area contributed by atoms with E-state index in [1.807, 2.05) is 37.3 Å². The fraction of sp³-hybridized carbons (Fsp3) is 0.160. The summed E-state index contributed by atoms with van der Waals surface area (Å²) in [6.07, 6.45) is 2.48. The number of anilines is 1. The van der Waals surface area contributed by atoms with Gasteiger partial charge >= 0.3 is 0 Å². The Kier molecular flexibility index (Phi) is 6.66. The molecule has 2 aromatic carbocycles. The number of nitriles is 1. The molecular formula is C25H20ClN5O4. The van der Waals surface area contributed by atoms with E-state index in [1.54, 1.807) is 18.2 Å². The van der Waals surface area contributed by atoms with Crippen molar-refractivity contribution in [1.29, 1.82) is 5.26 Å². The average molecular weight is 490 g/mol. The maximum atomic E-state index is 12.9. The van der Waals surface area contributed by atoms with Crippen LogP contribution in [-0.4, -0.2) is 25.7 Å². The predicted octanol–water partition coefficient (Wildman–Crippen LogP) is 4.19. The molecule has 1 amide bonds. The van der Waals surface area contributed by atoms with Crippen molar-refractivity contribution in [2.75, 3.05) is 5.32 Å². The maximum absolute atomic E-state index is 12.9. The predicted molar refractivity (Wildman–Crippen MR) is 128 cm³/mol. The largest absolute Gasteiger partial charge is 0.501 e. The Morgan fingerprint density at radius 3 is 2.66 bits per heavy atom. The Balaban J connectivity index is 1.87. The number of aromatic nitrogens is 3. The number of hydrogen-bond acceptors (Lipinski definition) is 7. The lowest BCUT2D eigenvalue weighted by Gasteiger charge is -2.27. The molecule has 2 heterocycles. The van der Waals surface area contributed by atoms with Crippen LogP contribution in [0.2, 0.25) is 5.02 Å². The zero-order chi connectivity index (χ0) is 25.1. The third-order valence-corrected chi connectivity index (χ3v) is 5.98. The average Bonchev–Trinajstić information content (AvgIpc) is 3.37. The second-order valence-corrected chi connectivity index (χ2v) is 8.36. The zero-order valence-corrected chi connectivity index (χ0v) is 19.5. The number of rotatable bonds is 6. The van der Waals surface area contributed by atoms with Gasteiger partial charge in [-0.1, -0.05) is 60.1 Å². The number of nitrogens with zero attached hydrogens (tertiary/aromatic N) is 4. The van der Waals surface area contributed by atoms with Crippen LogP contribution in [0.25, 0.3) is 0 Å². The number of carbonyl (C=O) groups excluding carboxylic acids is 1. The number of nitrogens with one attached hydrogen (secondary N) is 1. The number of carbonyl (C=O) groups is 1. The molecule has 9 nitrogen and oxygen atoms in total. The first-order chi connectivity index (χ1) is 16.8. The van der Waals surface area contributed by atoms with Gasteiger partial charge in [0.1, 0.15) is 17.8 Å². The van der Waals surface area contributed by atoms with Crippen LogP contribution >= 0.6 is 11.6 Å². The van der Waals surface area contributed by atoms with E-state index in [0.717, 1.165) is 5.56 Å². The summed E-state index contributed by atoms with van der Waals surface area (Å²) < 4.78 is 5.90. The minimum atomic E-state index is -0.794. The molecule has 0 saturated carbocycles. The van der Waals surface area contributed by atoms with Crippen molar-refractivity contribution in [2.24, 2.45) is 7.05 Å². The lowest BCUT2D eigenvalue weighted by Crippen LogP contribution is -2.29. The molecule has 0 spiro atoms. The second-order valence-electron chi connectivity index (χ2n) is 7.92. The Labute approximate surface area is 205 Å². The van der Waals surface area contributed by atoms with E-state index in [1.165, 1.54) is 24.1 Å². The van der Waals surface area contributed by atoms with Crippen LogP contribution in [0.1, 0.15) is 51.8 Å². The molecule has 0 unspecified atom stereocenters. The molecule has 0 radical (unpaired) electrons. The van der Waals surface area contributed by atoms with Gasteiger partial charge in [-0.3, -0.25) is 14.2 Å². The number of hydrogen-bond donors (Lipinski definition) is 2. The SMILES string of the molecule is C[C@@H](c1nc(C(=O)Nc2cnoc2)c(O)c(=O)n1C)[C@@H](c1ccccc1)c1ccc(Cl)cc1C#N. The van der Waals surface area contributed by atoms with Gasteiger partial charge in [0.05, 0.1) is 17.8 Å². The van der Waals surface area contributed by atoms with E-state index >= 15 is 0 Å². The van der Waals surface area contributed by atoms with Crippen molar-refractivity contribution in [1.82, 2.24) is 14.7 Å². The van der Waals surface area contributed by atoms with Gasteiger partial charge in [-0.15, -0.1) is 0 Å². The van der Waals surface area contributed by atoms with Crippen molar-refractivity contribution in [2.45, 2.75) is 18.8 Å². The van der Waals surface area contributed by atoms with E-state index < -0.39 is 34.7 Å². The standard InChI is InChI=1S/C25H20ClN5O4/c1-14(20(15-6-4-3-5-7-15)19-9-8-17(26)10-16(19)11-27)23-30-21(22(32)25(34)31(23)2)24(33)29-18-12-28-35-13-18/h3-10,12-14,20,32H,1-2H3,(H,29,33)/t14-,20+/m1/s1. The summed E-state index contributed by atoms with van der Waals surface area (Å²) in [4.78, 5) is 30.1. The minimum Gasteiger partial charge on any atom is -0.501 e. The van der Waals surface area contributed by atoms with Crippen molar-refractivity contribution in [3.05, 3.63) is 105 Å². The fourth-order valence-corrected chi connectivity index (χ4v) is 4.24. The van der Waals surface area contributed by atoms with Gasteiger partial charge in [0.15, 0.2) is 5.69 Å². The highest BCUT2D eigenvalue weighted by Crippen LogP contribution is 2.39. The summed E-state index contributed by atoms with van der Waals surface area (Å²) in [5.41, 5.74) is 0.978. The van der Waals surface area contributed by atoms with E-state index in [-0.39, 0.29) is 11.5 Å². The summed E-state index contributed by atoms with van der Waals surface area (Å²) >= 11 is 6.13. The van der Waals surface area contributed by atoms with Crippen LogP contribution in [0.4, 0.5) is 5.69 Å². The first-order valence-corrected chi connectivity index (χ1v) is 10.9. The Morgan fingerprint density at radius 1 is 1.26 bits per heavy atom. The van der Waals surface area contributed by atoms with Gasteiger partial charge in [-0.05, 0) is 23.3 Å². The Hall–Kier alpha value is -4.42. The van der Waals surface area contributed by atoms with Gasteiger partial charge in [-0.2, -0.15) is 5.26 Å². The summed E-state index contributed by atoms with van der Waals surface area (Å²) in [5.74, 6) is -2.24. The number of halogens is 1. The summed E-state index contributed by atoms with van der Waals surface area (Å²) in [6.45, 7) is 1.84. The highest BCUT2D eigenvalue weighted by Gasteiger charge is 2.30. The molecule has 0 aliphatic heterocycles. The Bertz CT molecular complexity index is 1480. The zero-order valence-electron chi connectivity index (χ0n) is 18.8. The van der Waals surface area contributed by atoms with Crippen molar-refractivity contribution in [3.63, 3.8) is 0 Å². The Morgan fingerprint density at radius 2 is 2.00 bits per heavy atom. The molecule has 35 heavy (non-hydrogen) atoms. The third-order valence-electron chi connectivity index (χ3n) is 5.74. The molecule has 0 aliphatic carbocycles. The summed E-state index contributed by atoms with van der Waals surface area (Å²) in [6, 6.07) is 16.7. The van der Waals surface area contributed by atoms with Gasteiger partial charge in [0.25, 0.3) is 11.5 Å². The van der Waals surface area contributed by atoms with E-state index in [4.69, 9.17) is 16.1 Å². The highest BCUT2D eigenvalue weighted by atomic mass is 35.5. The van der Waals surface area contributed by atoms with Gasteiger partial charge in [-0.25, -0.2) is 4.98 Å². The van der Waals surface area contributed by atoms with Crippen LogP contribution in [0.3, 0.4) is 0 Å². The highest BCUT2D eigenvalue weighted by molar-refractivity contribution is 6.30. The van der Waals surface area contributed by atoms with Crippen molar-refractivity contribution >= 4 is 23.2 Å². The van der Waals surface area contributed by atoms with Crippen LogP contribution < -0.4 is 10.9 Å². The normalized spacial score (nSPS) is 12.5. The molecule has 0 aliphatic rings. The first kappa shape index (κ1) is 23.7. The van der Waals surface area contributed by atoms with E-state index in [0.29, 0.717) is 16.1 Å². The number of aromatic hydroxyl groups is 1. The molecule has 2 aromatic heterocycles. The van der Waals surface area contributed by atoms with Crippen LogP contribution in [0.5, 0.6) is 5.75 Å². The topological polar surface area (TPSA) is 134 Å². The number of amides is 1. The summed E-state index contributed by atoms with van der Waals surface area (Å²) in [5, 5.41) is 26.6. The van der Waals surface area contributed by atoms with Crippen LogP contribution in [-0.2, 0) is 7.05 Å².